The Bertz CT molecular complexity index is 1310. The third-order valence-electron chi connectivity index (χ3n) is 6.00. The van der Waals surface area contributed by atoms with Gasteiger partial charge < -0.3 is 15.4 Å². The second-order valence-corrected chi connectivity index (χ2v) is 11.7. The van der Waals surface area contributed by atoms with E-state index in [0.717, 1.165) is 34.6 Å². The predicted molar refractivity (Wildman–Crippen MR) is 147 cm³/mol. The van der Waals surface area contributed by atoms with Crippen LogP contribution in [0, 0.1) is 5.92 Å². The van der Waals surface area contributed by atoms with Gasteiger partial charge in [0.25, 0.3) is 5.91 Å². The normalized spacial score (nSPS) is 15.5. The first-order valence-electron chi connectivity index (χ1n) is 11.6. The summed E-state index contributed by atoms with van der Waals surface area (Å²) in [4.78, 5) is 40.1. The summed E-state index contributed by atoms with van der Waals surface area (Å²) in [7, 11) is 1.36. The molecule has 4 rings (SSSR count). The van der Waals surface area contributed by atoms with Gasteiger partial charge in [-0.3, -0.25) is 9.59 Å². The van der Waals surface area contributed by atoms with Gasteiger partial charge in [0.1, 0.15) is 5.00 Å². The molecule has 2 unspecified atom stereocenters. The van der Waals surface area contributed by atoms with Crippen molar-refractivity contribution < 1.29 is 19.1 Å². The van der Waals surface area contributed by atoms with Gasteiger partial charge in [-0.05, 0) is 74.1 Å². The molecule has 1 aromatic heterocycles. The first kappa shape index (κ1) is 26.3. The average Bonchev–Trinajstić information content (AvgIpc) is 3.20. The van der Waals surface area contributed by atoms with Gasteiger partial charge in [-0.15, -0.1) is 23.1 Å². The number of carbonyl (C=O) groups excluding carboxylic acids is 3. The summed E-state index contributed by atoms with van der Waals surface area (Å²) < 4.78 is 5.02. The van der Waals surface area contributed by atoms with E-state index < -0.39 is 11.2 Å². The van der Waals surface area contributed by atoms with Gasteiger partial charge in [0, 0.05) is 26.0 Å². The molecule has 0 spiro atoms. The van der Waals surface area contributed by atoms with E-state index in [1.54, 1.807) is 30.3 Å². The molecule has 2 amide bonds. The van der Waals surface area contributed by atoms with E-state index in [2.05, 4.69) is 17.6 Å². The van der Waals surface area contributed by atoms with E-state index in [0.29, 0.717) is 32.8 Å². The highest BCUT2D eigenvalue weighted by molar-refractivity contribution is 8.00. The van der Waals surface area contributed by atoms with Crippen molar-refractivity contribution in [3.63, 3.8) is 0 Å². The highest BCUT2D eigenvalue weighted by Gasteiger charge is 2.29. The summed E-state index contributed by atoms with van der Waals surface area (Å²) in [6, 6.07) is 14.0. The Morgan fingerprint density at radius 2 is 1.92 bits per heavy atom. The van der Waals surface area contributed by atoms with Crippen LogP contribution in [0.2, 0.25) is 5.02 Å². The molecular formula is C27H27ClN2O4S2. The van der Waals surface area contributed by atoms with Crippen LogP contribution in [-0.4, -0.2) is 30.1 Å². The second-order valence-electron chi connectivity index (χ2n) is 8.79. The van der Waals surface area contributed by atoms with Crippen LogP contribution in [-0.2, 0) is 22.4 Å². The van der Waals surface area contributed by atoms with E-state index in [9.17, 15) is 14.4 Å². The summed E-state index contributed by atoms with van der Waals surface area (Å²) in [5.41, 5.74) is 2.57. The zero-order valence-corrected chi connectivity index (χ0v) is 22.6. The van der Waals surface area contributed by atoms with Gasteiger partial charge in [0.15, 0.2) is 0 Å². The largest absolute Gasteiger partial charge is 0.465 e. The van der Waals surface area contributed by atoms with Crippen LogP contribution in [0.15, 0.2) is 53.4 Å². The minimum absolute atomic E-state index is 0.204. The Labute approximate surface area is 223 Å². The molecule has 1 aliphatic rings. The number of rotatable bonds is 7. The van der Waals surface area contributed by atoms with Crippen LogP contribution >= 0.6 is 34.7 Å². The molecule has 9 heteroatoms. The van der Waals surface area contributed by atoms with Crippen LogP contribution in [0.4, 0.5) is 10.7 Å². The average molecular weight is 543 g/mol. The van der Waals surface area contributed by atoms with E-state index >= 15 is 0 Å². The quantitative estimate of drug-likeness (QED) is 0.257. The lowest BCUT2D eigenvalue weighted by atomic mass is 9.88. The van der Waals surface area contributed by atoms with Crippen molar-refractivity contribution in [2.45, 2.75) is 43.3 Å². The SMILES string of the molecule is COC(=O)c1c(NC(=O)C(C)Sc2cccc(NC(=O)c3cccc(Cl)c3)c2)sc2c1CCC(C)C2. The van der Waals surface area contributed by atoms with Crippen LogP contribution < -0.4 is 10.6 Å². The first-order chi connectivity index (χ1) is 17.2. The Hall–Kier alpha value is -2.81. The lowest BCUT2D eigenvalue weighted by molar-refractivity contribution is -0.115. The maximum Gasteiger partial charge on any atom is 0.341 e. The number of ether oxygens (including phenoxy) is 1. The molecule has 1 aliphatic carbocycles. The minimum atomic E-state index is -0.438. The lowest BCUT2D eigenvalue weighted by Crippen LogP contribution is -2.23. The summed E-state index contributed by atoms with van der Waals surface area (Å²) in [5.74, 6) is -0.339. The molecule has 2 aromatic carbocycles. The standard InChI is InChI=1S/C27H27ClN2O4S2/c1-15-10-11-21-22(12-15)36-26(23(21)27(33)34-3)30-24(31)16(2)35-20-9-5-8-19(14-20)29-25(32)17-6-4-7-18(28)13-17/h4-9,13-16H,10-12H2,1-3H3,(H,29,32)(H,30,31). The molecule has 0 radical (unpaired) electrons. The number of hydrogen-bond donors (Lipinski definition) is 2. The van der Waals surface area contributed by atoms with Crippen molar-refractivity contribution in [1.29, 1.82) is 0 Å². The Morgan fingerprint density at radius 3 is 2.67 bits per heavy atom. The molecule has 3 aromatic rings. The van der Waals surface area contributed by atoms with E-state index in [4.69, 9.17) is 16.3 Å². The lowest BCUT2D eigenvalue weighted by Gasteiger charge is -2.18. The van der Waals surface area contributed by atoms with Gasteiger partial charge in [0.2, 0.25) is 5.91 Å². The zero-order chi connectivity index (χ0) is 25.8. The summed E-state index contributed by atoms with van der Waals surface area (Å²) in [5, 5.41) is 6.44. The molecule has 0 bridgehead atoms. The number of esters is 1. The van der Waals surface area contributed by atoms with Crippen LogP contribution in [0.1, 0.15) is 51.4 Å². The fourth-order valence-electron chi connectivity index (χ4n) is 4.11. The highest BCUT2D eigenvalue weighted by atomic mass is 35.5. The number of anilines is 2. The van der Waals surface area contributed by atoms with E-state index in [-0.39, 0.29) is 11.8 Å². The van der Waals surface area contributed by atoms with Crippen molar-refractivity contribution in [2.24, 2.45) is 5.92 Å². The highest BCUT2D eigenvalue weighted by Crippen LogP contribution is 2.40. The van der Waals surface area contributed by atoms with Crippen molar-refractivity contribution >= 4 is 63.2 Å². The van der Waals surface area contributed by atoms with Crippen molar-refractivity contribution in [1.82, 2.24) is 0 Å². The zero-order valence-electron chi connectivity index (χ0n) is 20.2. The molecule has 1 heterocycles. The third-order valence-corrected chi connectivity index (χ3v) is 8.50. The molecule has 0 saturated heterocycles. The predicted octanol–water partition coefficient (Wildman–Crippen LogP) is 6.68. The minimum Gasteiger partial charge on any atom is -0.465 e. The summed E-state index contributed by atoms with van der Waals surface area (Å²) in [6.07, 6.45) is 2.72. The number of fused-ring (bicyclic) bond motifs is 1. The molecular weight excluding hydrogens is 516 g/mol. The molecule has 2 atom stereocenters. The number of thiophene rings is 1. The molecule has 36 heavy (non-hydrogen) atoms. The summed E-state index contributed by atoms with van der Waals surface area (Å²) >= 11 is 8.83. The monoisotopic (exact) mass is 542 g/mol. The van der Waals surface area contributed by atoms with Crippen LogP contribution in [0.5, 0.6) is 0 Å². The number of benzene rings is 2. The number of nitrogens with one attached hydrogen (secondary N) is 2. The molecule has 0 saturated carbocycles. The number of hydrogen-bond acceptors (Lipinski definition) is 6. The topological polar surface area (TPSA) is 84.5 Å². The number of methoxy groups -OCH3 is 1. The van der Waals surface area contributed by atoms with Crippen LogP contribution in [0.3, 0.4) is 0 Å². The Morgan fingerprint density at radius 1 is 1.14 bits per heavy atom. The van der Waals surface area contributed by atoms with Gasteiger partial charge in [-0.1, -0.05) is 30.7 Å². The van der Waals surface area contributed by atoms with Crippen molar-refractivity contribution in [3.8, 4) is 0 Å². The summed E-state index contributed by atoms with van der Waals surface area (Å²) in [6.45, 7) is 4.01. The maximum absolute atomic E-state index is 13.1. The van der Waals surface area contributed by atoms with Crippen LogP contribution in [0.25, 0.3) is 0 Å². The number of halogens is 1. The second kappa shape index (κ2) is 11.5. The molecule has 188 valence electrons. The molecule has 2 N–H and O–H groups in total. The van der Waals surface area contributed by atoms with E-state index in [1.165, 1.54) is 30.2 Å². The molecule has 0 fully saturated rings. The van der Waals surface area contributed by atoms with Gasteiger partial charge in [0.05, 0.1) is 17.9 Å². The van der Waals surface area contributed by atoms with E-state index in [1.807, 2.05) is 25.1 Å². The molecule has 0 aliphatic heterocycles. The number of thioether (sulfide) groups is 1. The third kappa shape index (κ3) is 6.11. The molecule has 6 nitrogen and oxygen atoms in total. The Kier molecular flexibility index (Phi) is 8.39. The van der Waals surface area contributed by atoms with Gasteiger partial charge >= 0.3 is 5.97 Å². The van der Waals surface area contributed by atoms with Gasteiger partial charge in [-0.25, -0.2) is 4.79 Å². The fraction of sp³-hybridized carbons (Fsp3) is 0.296. The fourth-order valence-corrected chi connectivity index (χ4v) is 6.63. The first-order valence-corrected chi connectivity index (χ1v) is 13.7. The van der Waals surface area contributed by atoms with Crippen molar-refractivity contribution in [3.05, 3.63) is 75.1 Å². The number of carbonyl (C=O) groups is 3. The van der Waals surface area contributed by atoms with Crippen molar-refractivity contribution in [2.75, 3.05) is 17.7 Å². The smallest absolute Gasteiger partial charge is 0.341 e. The van der Waals surface area contributed by atoms with Gasteiger partial charge in [-0.2, -0.15) is 0 Å². The Balaban J connectivity index is 1.44. The maximum atomic E-state index is 13.1. The number of amides is 2.